The Kier molecular flexibility index (Phi) is 5.69. The summed E-state index contributed by atoms with van der Waals surface area (Å²) in [6.45, 7) is 3.29. The van der Waals surface area contributed by atoms with Gasteiger partial charge in [0.25, 0.3) is 17.4 Å². The van der Waals surface area contributed by atoms with Crippen molar-refractivity contribution in [2.45, 2.75) is 20.4 Å². The molecule has 8 heteroatoms. The van der Waals surface area contributed by atoms with E-state index in [1.54, 1.807) is 24.3 Å². The van der Waals surface area contributed by atoms with Crippen molar-refractivity contribution >= 4 is 22.7 Å². The number of nitrogens with zero attached hydrogens (tertiary/aromatic N) is 2. The lowest BCUT2D eigenvalue weighted by atomic mass is 10.1. The number of aromatic nitrogens is 2. The first-order valence-corrected chi connectivity index (χ1v) is 8.66. The van der Waals surface area contributed by atoms with E-state index in [1.807, 2.05) is 32.0 Å². The van der Waals surface area contributed by atoms with Crippen LogP contribution in [0.15, 0.2) is 53.6 Å². The number of fused-ring (bicyclic) bond motifs is 1. The number of hydrogen-bond donors (Lipinski definition) is 2. The Bertz CT molecular complexity index is 1090. The Morgan fingerprint density at radius 1 is 1.07 bits per heavy atom. The van der Waals surface area contributed by atoms with Gasteiger partial charge in [0.2, 0.25) is 0 Å². The first-order valence-electron chi connectivity index (χ1n) is 8.66. The predicted molar refractivity (Wildman–Crippen MR) is 104 cm³/mol. The van der Waals surface area contributed by atoms with Crippen molar-refractivity contribution in [1.29, 1.82) is 0 Å². The maximum atomic E-state index is 12.4. The number of para-hydroxylation sites is 1. The van der Waals surface area contributed by atoms with E-state index >= 15 is 0 Å². The van der Waals surface area contributed by atoms with Gasteiger partial charge in [0, 0.05) is 0 Å². The van der Waals surface area contributed by atoms with Gasteiger partial charge in [-0.05, 0) is 43.2 Å². The minimum atomic E-state index is -0.556. The topological polar surface area (TPSA) is 102 Å². The summed E-state index contributed by atoms with van der Waals surface area (Å²) in [6.07, 6.45) is 1.30. The highest BCUT2D eigenvalue weighted by molar-refractivity contribution is 5.83. The molecule has 0 saturated heterocycles. The van der Waals surface area contributed by atoms with E-state index in [2.05, 4.69) is 15.8 Å². The monoisotopic (exact) mass is 380 g/mol. The fourth-order valence-corrected chi connectivity index (χ4v) is 2.59. The van der Waals surface area contributed by atoms with Gasteiger partial charge in [-0.1, -0.05) is 24.3 Å². The van der Waals surface area contributed by atoms with Crippen LogP contribution in [0.4, 0.5) is 0 Å². The summed E-state index contributed by atoms with van der Waals surface area (Å²) in [5.74, 6) is -0.465. The van der Waals surface area contributed by atoms with Crippen molar-refractivity contribution in [3.63, 3.8) is 0 Å². The van der Waals surface area contributed by atoms with Gasteiger partial charge in [0.05, 0.1) is 17.2 Å². The molecule has 0 unspecified atom stereocenters. The minimum absolute atomic E-state index is 0.248. The Balaban J connectivity index is 1.53. The van der Waals surface area contributed by atoms with Crippen LogP contribution in [-0.2, 0) is 16.1 Å². The molecule has 0 aliphatic heterocycles. The lowest BCUT2D eigenvalue weighted by Gasteiger charge is -2.11. The summed E-state index contributed by atoms with van der Waals surface area (Å²) >= 11 is 0. The molecule has 0 radical (unpaired) electrons. The molecule has 1 aromatic heterocycles. The molecule has 2 amide bonds. The predicted octanol–water partition coefficient (Wildman–Crippen LogP) is 1.24. The Labute approximate surface area is 161 Å². The van der Waals surface area contributed by atoms with E-state index in [1.165, 1.54) is 10.9 Å². The first-order chi connectivity index (χ1) is 13.4. The third-order valence-corrected chi connectivity index (χ3v) is 4.09. The number of carbonyl (C=O) groups excluding carboxylic acids is 2. The fourth-order valence-electron chi connectivity index (χ4n) is 2.59. The molecule has 3 aromatic rings. The van der Waals surface area contributed by atoms with Crippen LogP contribution in [-0.4, -0.2) is 28.0 Å². The molecule has 0 bridgehead atoms. The van der Waals surface area contributed by atoms with Crippen LogP contribution in [0.25, 0.3) is 10.9 Å². The Hall–Kier alpha value is -3.68. The van der Waals surface area contributed by atoms with E-state index < -0.39 is 11.8 Å². The number of benzene rings is 2. The molecule has 1 heterocycles. The molecule has 144 valence electrons. The highest BCUT2D eigenvalue weighted by Crippen LogP contribution is 2.18. The molecule has 0 spiro atoms. The molecule has 0 aliphatic rings. The smallest absolute Gasteiger partial charge is 0.276 e. The number of hydrogen-bond acceptors (Lipinski definition) is 5. The molecular weight excluding hydrogens is 360 g/mol. The highest BCUT2D eigenvalue weighted by atomic mass is 16.5. The zero-order valence-corrected chi connectivity index (χ0v) is 15.6. The van der Waals surface area contributed by atoms with Crippen molar-refractivity contribution in [2.75, 3.05) is 6.61 Å². The normalized spacial score (nSPS) is 10.5. The van der Waals surface area contributed by atoms with Crippen LogP contribution in [0.2, 0.25) is 0 Å². The summed E-state index contributed by atoms with van der Waals surface area (Å²) in [6, 6.07) is 12.6. The molecule has 28 heavy (non-hydrogen) atoms. The highest BCUT2D eigenvalue weighted by Gasteiger charge is 2.10. The van der Waals surface area contributed by atoms with E-state index in [9.17, 15) is 14.4 Å². The van der Waals surface area contributed by atoms with Crippen molar-refractivity contribution in [3.05, 3.63) is 70.3 Å². The van der Waals surface area contributed by atoms with Gasteiger partial charge >= 0.3 is 0 Å². The lowest BCUT2D eigenvalue weighted by Crippen LogP contribution is -2.46. The summed E-state index contributed by atoms with van der Waals surface area (Å²) < 4.78 is 6.65. The van der Waals surface area contributed by atoms with E-state index in [-0.39, 0.29) is 18.7 Å². The van der Waals surface area contributed by atoms with Gasteiger partial charge < -0.3 is 4.74 Å². The van der Waals surface area contributed by atoms with E-state index in [4.69, 9.17) is 4.74 Å². The van der Waals surface area contributed by atoms with Crippen LogP contribution in [0.5, 0.6) is 5.75 Å². The SMILES string of the molecule is Cc1ccc(C)c(OCC(=O)NNC(=O)Cn2cnc3ccccc3c2=O)c1. The third kappa shape index (κ3) is 4.53. The Morgan fingerprint density at radius 3 is 2.64 bits per heavy atom. The van der Waals surface area contributed by atoms with Crippen molar-refractivity contribution in [1.82, 2.24) is 20.4 Å². The van der Waals surface area contributed by atoms with Crippen LogP contribution in [0.3, 0.4) is 0 Å². The molecule has 8 nitrogen and oxygen atoms in total. The third-order valence-electron chi connectivity index (χ3n) is 4.09. The lowest BCUT2D eigenvalue weighted by molar-refractivity contribution is -0.130. The number of amides is 2. The number of carbonyl (C=O) groups is 2. The fraction of sp³-hybridized carbons (Fsp3) is 0.200. The van der Waals surface area contributed by atoms with Gasteiger partial charge in [-0.15, -0.1) is 0 Å². The van der Waals surface area contributed by atoms with Crippen LogP contribution in [0, 0.1) is 13.8 Å². The van der Waals surface area contributed by atoms with Gasteiger partial charge in [-0.2, -0.15) is 0 Å². The van der Waals surface area contributed by atoms with Crippen LogP contribution in [0.1, 0.15) is 11.1 Å². The van der Waals surface area contributed by atoms with Crippen molar-refractivity contribution in [2.24, 2.45) is 0 Å². The average Bonchev–Trinajstić information content (AvgIpc) is 2.69. The number of aryl methyl sites for hydroxylation is 2. The van der Waals surface area contributed by atoms with E-state index in [0.717, 1.165) is 11.1 Å². The molecule has 2 aromatic carbocycles. The van der Waals surface area contributed by atoms with Crippen LogP contribution < -0.4 is 21.1 Å². The molecule has 2 N–H and O–H groups in total. The molecule has 0 saturated carbocycles. The van der Waals surface area contributed by atoms with Gasteiger partial charge in [0.15, 0.2) is 6.61 Å². The second-order valence-corrected chi connectivity index (χ2v) is 6.35. The van der Waals surface area contributed by atoms with Crippen molar-refractivity contribution < 1.29 is 14.3 Å². The van der Waals surface area contributed by atoms with Crippen molar-refractivity contribution in [3.8, 4) is 5.75 Å². The second kappa shape index (κ2) is 8.34. The largest absolute Gasteiger partial charge is 0.483 e. The Morgan fingerprint density at radius 2 is 1.82 bits per heavy atom. The average molecular weight is 380 g/mol. The van der Waals surface area contributed by atoms with Gasteiger partial charge in [-0.3, -0.25) is 29.8 Å². The van der Waals surface area contributed by atoms with Gasteiger partial charge in [-0.25, -0.2) is 4.98 Å². The number of nitrogens with one attached hydrogen (secondary N) is 2. The number of ether oxygens (including phenoxy) is 1. The molecule has 3 rings (SSSR count). The van der Waals surface area contributed by atoms with E-state index in [0.29, 0.717) is 16.7 Å². The molecule has 0 fully saturated rings. The number of rotatable bonds is 5. The second-order valence-electron chi connectivity index (χ2n) is 6.35. The van der Waals surface area contributed by atoms with Crippen LogP contribution >= 0.6 is 0 Å². The summed E-state index contributed by atoms with van der Waals surface area (Å²) in [4.78, 5) is 40.4. The molecule has 0 aliphatic carbocycles. The zero-order chi connectivity index (χ0) is 20.1. The summed E-state index contributed by atoms with van der Waals surface area (Å²) in [5, 5.41) is 0.420. The maximum absolute atomic E-state index is 12.4. The minimum Gasteiger partial charge on any atom is -0.483 e. The molecule has 0 atom stereocenters. The van der Waals surface area contributed by atoms with Gasteiger partial charge in [0.1, 0.15) is 12.3 Å². The standard InChI is InChI=1S/C20H20N4O4/c1-13-7-8-14(2)17(9-13)28-11-19(26)23-22-18(25)10-24-12-21-16-6-4-3-5-15(16)20(24)27/h3-9,12H,10-11H2,1-2H3,(H,22,25)(H,23,26). The summed E-state index contributed by atoms with van der Waals surface area (Å²) in [5.41, 5.74) is 6.68. The zero-order valence-electron chi connectivity index (χ0n) is 15.6. The summed E-state index contributed by atoms with van der Waals surface area (Å²) in [7, 11) is 0. The maximum Gasteiger partial charge on any atom is 0.276 e. The quantitative estimate of drug-likeness (QED) is 0.649. The number of hydrazine groups is 1. The molecular formula is C20H20N4O4. The first kappa shape index (κ1) is 19.1.